The Morgan fingerprint density at radius 3 is 2.76 bits per heavy atom. The van der Waals surface area contributed by atoms with E-state index in [0.29, 0.717) is 0 Å². The molecule has 0 bridgehead atoms. The summed E-state index contributed by atoms with van der Waals surface area (Å²) in [5, 5.41) is 5.51. The Hall–Kier alpha value is -3.14. The summed E-state index contributed by atoms with van der Waals surface area (Å²) in [5.74, 6) is 0.820. The van der Waals surface area contributed by atoms with E-state index in [2.05, 4.69) is 54.5 Å². The highest BCUT2D eigenvalue weighted by atomic mass is 16.5. The van der Waals surface area contributed by atoms with Crippen LogP contribution in [0.2, 0.25) is 0 Å². The zero-order valence-electron chi connectivity index (χ0n) is 20.1. The maximum Gasteiger partial charge on any atom is 0.244 e. The van der Waals surface area contributed by atoms with Gasteiger partial charge in [0.25, 0.3) is 0 Å². The average molecular weight is 445 g/mol. The maximum absolute atomic E-state index is 12.6. The van der Waals surface area contributed by atoms with Gasteiger partial charge in [-0.3, -0.25) is 9.78 Å². The number of carbonyl (C=O) groups excluding carboxylic acids is 1. The Morgan fingerprint density at radius 1 is 1.12 bits per heavy atom. The molecule has 174 valence electrons. The number of methoxy groups -OCH3 is 1. The molecule has 2 aromatic carbocycles. The standard InChI is InChI=1S/C29H36N2O2/c1-4-5-6-12-27-24(13-14-25-20-26(33-3)16-17-28(25)27)15-18-29(32)31-22(2)9-7-10-23-11-8-19-30-21-23/h8,11,13-22H,4-7,9-10,12H2,1-3H3,(H,31,32)/b18-15+. The Kier molecular flexibility index (Phi) is 9.49. The summed E-state index contributed by atoms with van der Waals surface area (Å²) in [6.45, 7) is 4.28. The van der Waals surface area contributed by atoms with Gasteiger partial charge in [0.1, 0.15) is 5.75 Å². The summed E-state index contributed by atoms with van der Waals surface area (Å²) in [5.41, 5.74) is 3.65. The third-order valence-corrected chi connectivity index (χ3v) is 6.03. The second-order valence-corrected chi connectivity index (χ2v) is 8.67. The zero-order valence-corrected chi connectivity index (χ0v) is 20.1. The van der Waals surface area contributed by atoms with E-state index in [9.17, 15) is 4.79 Å². The smallest absolute Gasteiger partial charge is 0.244 e. The van der Waals surface area contributed by atoms with Crippen molar-refractivity contribution in [1.29, 1.82) is 0 Å². The molecule has 1 atom stereocenters. The van der Waals surface area contributed by atoms with Gasteiger partial charge in [0.15, 0.2) is 0 Å². The van der Waals surface area contributed by atoms with Gasteiger partial charge in [-0.2, -0.15) is 0 Å². The minimum Gasteiger partial charge on any atom is -0.497 e. The summed E-state index contributed by atoms with van der Waals surface area (Å²) in [4.78, 5) is 16.7. The van der Waals surface area contributed by atoms with Crippen LogP contribution in [0.5, 0.6) is 5.75 Å². The van der Waals surface area contributed by atoms with Gasteiger partial charge in [0, 0.05) is 24.5 Å². The van der Waals surface area contributed by atoms with Gasteiger partial charge in [-0.05, 0) is 90.8 Å². The molecule has 0 aliphatic rings. The molecule has 33 heavy (non-hydrogen) atoms. The SMILES string of the molecule is CCCCCc1c(/C=C/C(=O)NC(C)CCCc2cccnc2)ccc2cc(OC)ccc12. The number of nitrogens with one attached hydrogen (secondary N) is 1. The number of rotatable bonds is 12. The van der Waals surface area contributed by atoms with E-state index in [4.69, 9.17) is 4.74 Å². The van der Waals surface area contributed by atoms with Gasteiger partial charge in [-0.1, -0.05) is 44.0 Å². The second kappa shape index (κ2) is 12.8. The van der Waals surface area contributed by atoms with Crippen molar-refractivity contribution in [2.75, 3.05) is 7.11 Å². The second-order valence-electron chi connectivity index (χ2n) is 8.67. The summed E-state index contributed by atoms with van der Waals surface area (Å²) in [6, 6.07) is 14.6. The van der Waals surface area contributed by atoms with Crippen LogP contribution in [-0.4, -0.2) is 24.0 Å². The minimum atomic E-state index is -0.0433. The molecule has 0 spiro atoms. The number of aromatic nitrogens is 1. The molecule has 0 fully saturated rings. The summed E-state index contributed by atoms with van der Waals surface area (Å²) in [6.07, 6.45) is 14.8. The van der Waals surface area contributed by atoms with Crippen molar-refractivity contribution in [3.63, 3.8) is 0 Å². The van der Waals surface area contributed by atoms with Gasteiger partial charge in [-0.25, -0.2) is 0 Å². The molecule has 0 aliphatic heterocycles. The number of fused-ring (bicyclic) bond motifs is 1. The molecule has 3 aromatic rings. The van der Waals surface area contributed by atoms with Crippen LogP contribution in [0.4, 0.5) is 0 Å². The molecular weight excluding hydrogens is 408 g/mol. The molecule has 0 saturated carbocycles. The van der Waals surface area contributed by atoms with Gasteiger partial charge in [0.2, 0.25) is 5.91 Å². The Bertz CT molecular complexity index is 1060. The van der Waals surface area contributed by atoms with Crippen LogP contribution in [0.3, 0.4) is 0 Å². The average Bonchev–Trinajstić information content (AvgIpc) is 2.83. The van der Waals surface area contributed by atoms with E-state index in [0.717, 1.165) is 43.4 Å². The zero-order chi connectivity index (χ0) is 23.5. The van der Waals surface area contributed by atoms with E-state index >= 15 is 0 Å². The largest absolute Gasteiger partial charge is 0.497 e. The van der Waals surface area contributed by atoms with Crippen molar-refractivity contribution in [2.24, 2.45) is 0 Å². The van der Waals surface area contributed by atoms with Crippen LogP contribution in [0, 0.1) is 0 Å². The quantitative estimate of drug-likeness (QED) is 0.256. The van der Waals surface area contributed by atoms with Gasteiger partial charge >= 0.3 is 0 Å². The van der Waals surface area contributed by atoms with Crippen molar-refractivity contribution in [3.05, 3.63) is 77.6 Å². The summed E-state index contributed by atoms with van der Waals surface area (Å²) < 4.78 is 5.39. The van der Waals surface area contributed by atoms with Crippen molar-refractivity contribution < 1.29 is 9.53 Å². The first-order chi connectivity index (χ1) is 16.1. The van der Waals surface area contributed by atoms with E-state index in [1.165, 1.54) is 34.7 Å². The molecule has 1 aromatic heterocycles. The predicted octanol–water partition coefficient (Wildman–Crippen LogP) is 6.52. The first kappa shape index (κ1) is 24.5. The van der Waals surface area contributed by atoms with Gasteiger partial charge < -0.3 is 10.1 Å². The lowest BCUT2D eigenvalue weighted by Crippen LogP contribution is -2.31. The van der Waals surface area contributed by atoms with Crippen LogP contribution in [0.1, 0.15) is 62.6 Å². The monoisotopic (exact) mass is 444 g/mol. The fraction of sp³-hybridized carbons (Fsp3) is 0.379. The van der Waals surface area contributed by atoms with E-state index in [1.54, 1.807) is 19.4 Å². The van der Waals surface area contributed by atoms with Crippen molar-refractivity contribution in [2.45, 2.75) is 64.8 Å². The molecule has 1 amide bonds. The molecule has 0 aliphatic carbocycles. The molecule has 3 rings (SSSR count). The highest BCUT2D eigenvalue weighted by Gasteiger charge is 2.09. The van der Waals surface area contributed by atoms with Gasteiger partial charge in [-0.15, -0.1) is 0 Å². The van der Waals surface area contributed by atoms with Crippen LogP contribution in [0.15, 0.2) is 60.9 Å². The highest BCUT2D eigenvalue weighted by molar-refractivity contribution is 5.94. The predicted molar refractivity (Wildman–Crippen MR) is 138 cm³/mol. The maximum atomic E-state index is 12.6. The minimum absolute atomic E-state index is 0.0433. The first-order valence-corrected chi connectivity index (χ1v) is 12.1. The summed E-state index contributed by atoms with van der Waals surface area (Å²) in [7, 11) is 1.69. The van der Waals surface area contributed by atoms with Crippen molar-refractivity contribution in [1.82, 2.24) is 10.3 Å². The fourth-order valence-corrected chi connectivity index (χ4v) is 4.19. The van der Waals surface area contributed by atoms with Crippen LogP contribution in [0.25, 0.3) is 16.8 Å². The topological polar surface area (TPSA) is 51.2 Å². The van der Waals surface area contributed by atoms with Crippen LogP contribution >= 0.6 is 0 Å². The lowest BCUT2D eigenvalue weighted by Gasteiger charge is -2.13. The molecular formula is C29H36N2O2. The number of nitrogens with zero attached hydrogens (tertiary/aromatic N) is 1. The number of carbonyl (C=O) groups is 1. The number of pyridine rings is 1. The van der Waals surface area contributed by atoms with E-state index in [1.807, 2.05) is 24.4 Å². The van der Waals surface area contributed by atoms with Crippen LogP contribution in [-0.2, 0) is 17.6 Å². The molecule has 4 heteroatoms. The van der Waals surface area contributed by atoms with Crippen LogP contribution < -0.4 is 10.1 Å². The third-order valence-electron chi connectivity index (χ3n) is 6.03. The Labute approximate surface area is 198 Å². The number of ether oxygens (including phenoxy) is 1. The summed E-state index contributed by atoms with van der Waals surface area (Å²) >= 11 is 0. The molecule has 1 unspecified atom stereocenters. The number of unbranched alkanes of at least 4 members (excludes halogenated alkanes) is 2. The molecule has 1 heterocycles. The lowest BCUT2D eigenvalue weighted by atomic mass is 9.94. The first-order valence-electron chi connectivity index (χ1n) is 12.1. The van der Waals surface area contributed by atoms with E-state index in [-0.39, 0.29) is 11.9 Å². The number of benzene rings is 2. The Balaban J connectivity index is 1.64. The molecule has 4 nitrogen and oxygen atoms in total. The Morgan fingerprint density at radius 2 is 2.00 bits per heavy atom. The third kappa shape index (κ3) is 7.45. The molecule has 0 radical (unpaired) electrons. The lowest BCUT2D eigenvalue weighted by molar-refractivity contribution is -0.117. The number of aryl methyl sites for hydroxylation is 2. The number of amides is 1. The number of hydrogen-bond acceptors (Lipinski definition) is 3. The van der Waals surface area contributed by atoms with Crippen molar-refractivity contribution in [3.8, 4) is 5.75 Å². The van der Waals surface area contributed by atoms with Gasteiger partial charge in [0.05, 0.1) is 7.11 Å². The van der Waals surface area contributed by atoms with E-state index < -0.39 is 0 Å². The molecule has 0 saturated heterocycles. The number of hydrogen-bond donors (Lipinski definition) is 1. The highest BCUT2D eigenvalue weighted by Crippen LogP contribution is 2.28. The normalized spacial score (nSPS) is 12.2. The molecule has 1 N–H and O–H groups in total. The van der Waals surface area contributed by atoms with Crippen molar-refractivity contribution >= 4 is 22.8 Å². The fourth-order valence-electron chi connectivity index (χ4n) is 4.19.